The van der Waals surface area contributed by atoms with Crippen LogP contribution in [0.5, 0.6) is 0 Å². The van der Waals surface area contributed by atoms with Crippen LogP contribution in [0.15, 0.2) is 51.4 Å². The second-order valence-corrected chi connectivity index (χ2v) is 6.53. The molecule has 0 fully saturated rings. The molecular weight excluding hydrogens is 377 g/mol. The highest BCUT2D eigenvalue weighted by molar-refractivity contribution is 9.10. The van der Waals surface area contributed by atoms with Gasteiger partial charge in [0.1, 0.15) is 11.4 Å². The van der Waals surface area contributed by atoms with Crippen LogP contribution in [0.3, 0.4) is 0 Å². The third kappa shape index (κ3) is 3.34. The maximum Gasteiger partial charge on any atom is 0.372 e. The van der Waals surface area contributed by atoms with Crippen molar-refractivity contribution in [1.82, 2.24) is 4.90 Å². The molecule has 0 atom stereocenters. The summed E-state index contributed by atoms with van der Waals surface area (Å²) in [6, 6.07) is 12.0. The van der Waals surface area contributed by atoms with Crippen molar-refractivity contribution in [2.45, 2.75) is 13.1 Å². The Labute approximate surface area is 146 Å². The van der Waals surface area contributed by atoms with Gasteiger partial charge in [0.25, 0.3) is 0 Å². The maximum absolute atomic E-state index is 13.9. The van der Waals surface area contributed by atoms with Gasteiger partial charge >= 0.3 is 5.97 Å². The van der Waals surface area contributed by atoms with Gasteiger partial charge in [-0.2, -0.15) is 0 Å². The summed E-state index contributed by atoms with van der Waals surface area (Å²) in [7, 11) is 1.81. The molecule has 0 amide bonds. The molecule has 4 nitrogen and oxygen atoms in total. The van der Waals surface area contributed by atoms with E-state index in [0.717, 1.165) is 9.86 Å². The number of para-hydroxylation sites is 1. The molecule has 1 N–H and O–H groups in total. The number of hydrogen-bond acceptors (Lipinski definition) is 3. The molecule has 0 radical (unpaired) electrons. The van der Waals surface area contributed by atoms with Crippen LogP contribution in [0, 0.1) is 5.82 Å². The molecule has 6 heteroatoms. The van der Waals surface area contributed by atoms with Gasteiger partial charge < -0.3 is 9.52 Å². The van der Waals surface area contributed by atoms with Gasteiger partial charge in [0.2, 0.25) is 5.76 Å². The van der Waals surface area contributed by atoms with Crippen LogP contribution >= 0.6 is 15.9 Å². The molecule has 0 bridgehead atoms. The quantitative estimate of drug-likeness (QED) is 0.686. The van der Waals surface area contributed by atoms with Crippen molar-refractivity contribution in [1.29, 1.82) is 0 Å². The highest BCUT2D eigenvalue weighted by Gasteiger charge is 2.21. The van der Waals surface area contributed by atoms with E-state index in [0.29, 0.717) is 29.8 Å². The normalized spacial score (nSPS) is 11.3. The van der Waals surface area contributed by atoms with Crippen LogP contribution < -0.4 is 0 Å². The van der Waals surface area contributed by atoms with Gasteiger partial charge in [0, 0.05) is 34.1 Å². The highest BCUT2D eigenvalue weighted by atomic mass is 79.9. The second kappa shape index (κ2) is 6.75. The van der Waals surface area contributed by atoms with Gasteiger partial charge in [-0.3, -0.25) is 4.90 Å². The van der Waals surface area contributed by atoms with E-state index in [-0.39, 0.29) is 11.6 Å². The molecule has 0 saturated carbocycles. The number of nitrogens with zero attached hydrogens (tertiary/aromatic N) is 1. The first-order chi connectivity index (χ1) is 11.5. The molecule has 3 rings (SSSR count). The molecule has 0 unspecified atom stereocenters. The molecule has 1 aromatic heterocycles. The smallest absolute Gasteiger partial charge is 0.372 e. The first kappa shape index (κ1) is 16.7. The number of carboxylic acids is 1. The fourth-order valence-corrected chi connectivity index (χ4v) is 3.12. The van der Waals surface area contributed by atoms with E-state index in [4.69, 9.17) is 4.42 Å². The molecule has 24 heavy (non-hydrogen) atoms. The van der Waals surface area contributed by atoms with E-state index >= 15 is 0 Å². The van der Waals surface area contributed by atoms with Gasteiger partial charge in [0.15, 0.2) is 0 Å². The molecular formula is C18H15BrFNO3. The molecule has 0 aliphatic carbocycles. The van der Waals surface area contributed by atoms with Crippen molar-refractivity contribution in [3.05, 3.63) is 69.6 Å². The zero-order valence-electron chi connectivity index (χ0n) is 12.9. The van der Waals surface area contributed by atoms with E-state index < -0.39 is 5.97 Å². The average molecular weight is 392 g/mol. The lowest BCUT2D eigenvalue weighted by atomic mass is 10.1. The number of hydrogen-bond donors (Lipinski definition) is 1. The lowest BCUT2D eigenvalue weighted by Crippen LogP contribution is -2.19. The highest BCUT2D eigenvalue weighted by Crippen LogP contribution is 2.27. The van der Waals surface area contributed by atoms with Gasteiger partial charge in [-0.05, 0) is 31.3 Å². The lowest BCUT2D eigenvalue weighted by molar-refractivity contribution is 0.0662. The van der Waals surface area contributed by atoms with Crippen LogP contribution in [0.4, 0.5) is 4.39 Å². The van der Waals surface area contributed by atoms with Crippen molar-refractivity contribution >= 4 is 32.9 Å². The van der Waals surface area contributed by atoms with E-state index in [2.05, 4.69) is 15.9 Å². The molecule has 2 aromatic carbocycles. The van der Waals surface area contributed by atoms with Crippen molar-refractivity contribution in [3.63, 3.8) is 0 Å². The summed E-state index contributed by atoms with van der Waals surface area (Å²) in [5, 5.41) is 10.1. The molecule has 1 heterocycles. The summed E-state index contributed by atoms with van der Waals surface area (Å²) >= 11 is 3.33. The van der Waals surface area contributed by atoms with Crippen molar-refractivity contribution in [3.8, 4) is 0 Å². The second-order valence-electron chi connectivity index (χ2n) is 5.62. The summed E-state index contributed by atoms with van der Waals surface area (Å²) in [4.78, 5) is 13.3. The number of fused-ring (bicyclic) bond motifs is 1. The molecule has 0 aliphatic heterocycles. The van der Waals surface area contributed by atoms with Crippen molar-refractivity contribution < 1.29 is 18.7 Å². The molecule has 0 aliphatic rings. The van der Waals surface area contributed by atoms with Crippen molar-refractivity contribution in [2.75, 3.05) is 7.05 Å². The first-order valence-corrected chi connectivity index (χ1v) is 8.11. The van der Waals surface area contributed by atoms with Crippen LogP contribution in [0.2, 0.25) is 0 Å². The maximum atomic E-state index is 13.9. The van der Waals surface area contributed by atoms with Gasteiger partial charge in [-0.15, -0.1) is 0 Å². The number of rotatable bonds is 5. The zero-order valence-corrected chi connectivity index (χ0v) is 14.5. The summed E-state index contributed by atoms with van der Waals surface area (Å²) in [6.07, 6.45) is 0. The van der Waals surface area contributed by atoms with Gasteiger partial charge in [0.05, 0.1) is 0 Å². The average Bonchev–Trinajstić information content (AvgIpc) is 2.90. The minimum Gasteiger partial charge on any atom is -0.475 e. The van der Waals surface area contributed by atoms with Gasteiger partial charge in [-0.1, -0.05) is 34.1 Å². The summed E-state index contributed by atoms with van der Waals surface area (Å²) in [5.74, 6) is -1.47. The van der Waals surface area contributed by atoms with Crippen LogP contribution in [-0.2, 0) is 13.1 Å². The predicted molar refractivity (Wildman–Crippen MR) is 92.4 cm³/mol. The zero-order chi connectivity index (χ0) is 17.3. The Morgan fingerprint density at radius 3 is 2.75 bits per heavy atom. The molecule has 0 spiro atoms. The Morgan fingerprint density at radius 1 is 1.25 bits per heavy atom. The Bertz CT molecular complexity index is 906. The fraction of sp³-hybridized carbons (Fsp3) is 0.167. The minimum absolute atomic E-state index is 0.0715. The standard InChI is InChI=1S/C18H15BrFNO3/c1-21(9-11-8-12(19)6-7-15(11)20)10-14-13-4-2-3-5-16(13)24-17(14)18(22)23/h2-8H,9-10H2,1H3,(H,22,23). The van der Waals surface area contributed by atoms with Crippen molar-refractivity contribution in [2.24, 2.45) is 0 Å². The predicted octanol–water partition coefficient (Wildman–Crippen LogP) is 4.66. The molecule has 3 aromatic rings. The van der Waals surface area contributed by atoms with Crippen LogP contribution in [0.25, 0.3) is 11.0 Å². The Hall–Kier alpha value is -2.18. The number of aromatic carboxylic acids is 1. The van der Waals surface area contributed by atoms with Gasteiger partial charge in [-0.25, -0.2) is 9.18 Å². The first-order valence-electron chi connectivity index (χ1n) is 7.32. The number of furan rings is 1. The largest absolute Gasteiger partial charge is 0.475 e. The minimum atomic E-state index is -1.11. The van der Waals surface area contributed by atoms with E-state index in [1.54, 1.807) is 24.3 Å². The number of halogens is 2. The Balaban J connectivity index is 1.90. The van der Waals surface area contributed by atoms with E-state index in [9.17, 15) is 14.3 Å². The third-order valence-electron chi connectivity index (χ3n) is 3.77. The number of benzene rings is 2. The Morgan fingerprint density at radius 2 is 2.00 bits per heavy atom. The summed E-state index contributed by atoms with van der Waals surface area (Å²) in [5.41, 5.74) is 1.67. The number of carbonyl (C=O) groups is 1. The van der Waals surface area contributed by atoms with E-state index in [1.165, 1.54) is 6.07 Å². The summed E-state index contributed by atoms with van der Waals surface area (Å²) < 4.78 is 20.2. The third-order valence-corrected chi connectivity index (χ3v) is 4.26. The fourth-order valence-electron chi connectivity index (χ4n) is 2.71. The van der Waals surface area contributed by atoms with E-state index in [1.807, 2.05) is 24.1 Å². The Kier molecular flexibility index (Phi) is 4.69. The number of carboxylic acid groups (broad SMARTS) is 1. The topological polar surface area (TPSA) is 53.7 Å². The SMILES string of the molecule is CN(Cc1cc(Br)ccc1F)Cc1c(C(=O)O)oc2ccccc12. The lowest BCUT2D eigenvalue weighted by Gasteiger charge is -2.17. The summed E-state index contributed by atoms with van der Waals surface area (Å²) in [6.45, 7) is 0.689. The van der Waals surface area contributed by atoms with Crippen LogP contribution in [0.1, 0.15) is 21.7 Å². The molecule has 0 saturated heterocycles. The monoisotopic (exact) mass is 391 g/mol. The molecule has 124 valence electrons. The van der Waals surface area contributed by atoms with Crippen LogP contribution in [-0.4, -0.2) is 23.0 Å².